The Morgan fingerprint density at radius 2 is 1.07 bits per heavy atom. The van der Waals surface area contributed by atoms with Crippen molar-refractivity contribution in [3.63, 3.8) is 0 Å². The number of rotatable bonds is 19. The van der Waals surface area contributed by atoms with Gasteiger partial charge in [0.1, 0.15) is 36.2 Å². The Balaban J connectivity index is 1.02. The van der Waals surface area contributed by atoms with Gasteiger partial charge in [0.15, 0.2) is 0 Å². The molecule has 0 atom stereocenters. The van der Waals surface area contributed by atoms with E-state index in [0.717, 1.165) is 99.4 Å². The number of aryl methyl sites for hydroxylation is 1. The zero-order valence-corrected chi connectivity index (χ0v) is 32.2. The molecule has 5 rings (SSSR count). The highest BCUT2D eigenvalue weighted by molar-refractivity contribution is 5.84. The molecule has 0 heterocycles. The minimum absolute atomic E-state index is 0.252. The van der Waals surface area contributed by atoms with E-state index < -0.39 is 11.9 Å². The van der Waals surface area contributed by atoms with Gasteiger partial charge in [-0.15, -0.1) is 0 Å². The van der Waals surface area contributed by atoms with Crippen LogP contribution in [0.4, 0.5) is 0 Å². The van der Waals surface area contributed by atoms with E-state index in [1.807, 2.05) is 79.7 Å². The van der Waals surface area contributed by atoms with E-state index in [0.29, 0.717) is 33.0 Å². The Morgan fingerprint density at radius 1 is 0.544 bits per heavy atom. The van der Waals surface area contributed by atoms with Crippen LogP contribution in [0.3, 0.4) is 0 Å². The van der Waals surface area contributed by atoms with Gasteiger partial charge in [-0.1, -0.05) is 55.0 Å². The minimum atomic E-state index is -0.408. The van der Waals surface area contributed by atoms with Crippen LogP contribution in [0.25, 0.3) is 10.8 Å². The van der Waals surface area contributed by atoms with Gasteiger partial charge in [0.05, 0.1) is 26.4 Å². The summed E-state index contributed by atoms with van der Waals surface area (Å²) in [6, 6.07) is 33.6. The number of hydrogen-bond donors (Lipinski definition) is 0. The van der Waals surface area contributed by atoms with Crippen molar-refractivity contribution in [3.05, 3.63) is 156 Å². The smallest absolute Gasteiger partial charge is 0.330 e. The van der Waals surface area contributed by atoms with Crippen molar-refractivity contribution in [2.24, 2.45) is 0 Å². The van der Waals surface area contributed by atoms with Crippen LogP contribution in [0, 0.1) is 30.6 Å². The van der Waals surface area contributed by atoms with Crippen molar-refractivity contribution in [2.75, 3.05) is 33.0 Å². The van der Waals surface area contributed by atoms with Crippen LogP contribution in [0.2, 0.25) is 0 Å². The molecule has 290 valence electrons. The van der Waals surface area contributed by atoms with Crippen LogP contribution in [0.5, 0.6) is 23.0 Å². The molecule has 0 aromatic heterocycles. The molecule has 0 unspecified atom stereocenters. The Bertz CT molecular complexity index is 2250. The van der Waals surface area contributed by atoms with Crippen LogP contribution >= 0.6 is 0 Å². The topological polar surface area (TPSA) is 89.5 Å². The van der Waals surface area contributed by atoms with Gasteiger partial charge in [-0.25, -0.2) is 9.59 Å². The van der Waals surface area contributed by atoms with Crippen molar-refractivity contribution in [1.29, 1.82) is 0 Å². The lowest BCUT2D eigenvalue weighted by Gasteiger charge is -2.11. The average molecular weight is 763 g/mol. The molecule has 0 spiro atoms. The summed E-state index contributed by atoms with van der Waals surface area (Å²) in [4.78, 5) is 22.1. The second-order valence-corrected chi connectivity index (χ2v) is 12.9. The van der Waals surface area contributed by atoms with E-state index in [1.54, 1.807) is 0 Å². The highest BCUT2D eigenvalue weighted by atomic mass is 16.5. The number of fused-ring (bicyclic) bond motifs is 1. The summed E-state index contributed by atoms with van der Waals surface area (Å²) in [5.41, 5.74) is 4.74. The Hall–Kier alpha value is -6.90. The molecular weight excluding hydrogens is 717 g/mol. The summed E-state index contributed by atoms with van der Waals surface area (Å²) in [5, 5.41) is 2.22. The summed E-state index contributed by atoms with van der Waals surface area (Å²) < 4.78 is 33.5. The maximum atomic E-state index is 11.1. The van der Waals surface area contributed by atoms with Gasteiger partial charge in [-0.2, -0.15) is 0 Å². The van der Waals surface area contributed by atoms with Crippen LogP contribution in [-0.4, -0.2) is 45.0 Å². The fourth-order valence-corrected chi connectivity index (χ4v) is 5.42. The molecule has 57 heavy (non-hydrogen) atoms. The lowest BCUT2D eigenvalue weighted by molar-refractivity contribution is -0.138. The molecule has 0 radical (unpaired) electrons. The highest BCUT2D eigenvalue weighted by Gasteiger charge is 2.05. The van der Waals surface area contributed by atoms with Gasteiger partial charge < -0.3 is 28.4 Å². The first-order valence-electron chi connectivity index (χ1n) is 18.8. The quantitative estimate of drug-likeness (QED) is 0.0356. The molecule has 0 N–H and O–H groups in total. The van der Waals surface area contributed by atoms with E-state index in [4.69, 9.17) is 28.4 Å². The van der Waals surface area contributed by atoms with Crippen LogP contribution in [0.15, 0.2) is 128 Å². The molecule has 0 amide bonds. The molecular formula is C49H46O8. The maximum absolute atomic E-state index is 11.1. The van der Waals surface area contributed by atoms with Gasteiger partial charge >= 0.3 is 11.9 Å². The molecule has 8 nitrogen and oxygen atoms in total. The number of esters is 2. The normalized spacial score (nSPS) is 10.2. The summed E-state index contributed by atoms with van der Waals surface area (Å²) in [6.07, 6.45) is 5.33. The maximum Gasteiger partial charge on any atom is 0.330 e. The van der Waals surface area contributed by atoms with Crippen molar-refractivity contribution >= 4 is 22.7 Å². The molecule has 0 aliphatic rings. The largest absolute Gasteiger partial charge is 0.494 e. The first-order chi connectivity index (χ1) is 27.9. The van der Waals surface area contributed by atoms with Gasteiger partial charge in [0, 0.05) is 28.8 Å². The second kappa shape index (κ2) is 22.5. The van der Waals surface area contributed by atoms with Crippen molar-refractivity contribution in [1.82, 2.24) is 0 Å². The predicted molar refractivity (Wildman–Crippen MR) is 222 cm³/mol. The zero-order chi connectivity index (χ0) is 40.1. The molecule has 5 aromatic rings. The Labute approximate surface area is 335 Å². The van der Waals surface area contributed by atoms with Crippen molar-refractivity contribution < 1.29 is 38.0 Å². The standard InChI is InChI=1S/C49H46O8/c1-4-48(50)55-30-8-6-28-52-44-22-16-38(17-23-44)11-10-32-54-46-26-27-47(37(3)33-46)57-36-41-15-21-42-34-40(14-20-43(42)35-41)13-12-39-18-24-45(25-19-39)53-29-7-9-31-56-49(51)5-2/h4-5,14-27,33-35H,1-2,6-9,28-32,36H2,3H3. The van der Waals surface area contributed by atoms with E-state index in [-0.39, 0.29) is 6.61 Å². The zero-order valence-electron chi connectivity index (χ0n) is 32.2. The summed E-state index contributed by atoms with van der Waals surface area (Å²) in [6.45, 7) is 11.2. The van der Waals surface area contributed by atoms with Crippen LogP contribution in [0.1, 0.15) is 53.5 Å². The number of hydrogen-bond acceptors (Lipinski definition) is 8. The Morgan fingerprint density at radius 3 is 1.68 bits per heavy atom. The molecule has 0 fully saturated rings. The number of benzene rings is 5. The first-order valence-corrected chi connectivity index (χ1v) is 18.8. The summed E-state index contributed by atoms with van der Waals surface area (Å²) in [7, 11) is 0. The number of unbranched alkanes of at least 4 members (excludes halogenated alkanes) is 2. The van der Waals surface area contributed by atoms with Gasteiger partial charge in [-0.05, 0) is 139 Å². The molecule has 0 saturated heterocycles. The lowest BCUT2D eigenvalue weighted by Crippen LogP contribution is -2.04. The molecule has 8 heteroatoms. The molecule has 0 bridgehead atoms. The SMILES string of the molecule is C=CC(=O)OCCCCOc1ccc(C#CCOc2ccc(OCc3ccc4cc(C#Cc5ccc(OCCCCOC(=O)C=C)cc5)ccc4c3)c(C)c2)cc1. The van der Waals surface area contributed by atoms with E-state index in [9.17, 15) is 9.59 Å². The lowest BCUT2D eigenvalue weighted by atomic mass is 10.0. The monoisotopic (exact) mass is 762 g/mol. The third kappa shape index (κ3) is 14.4. The molecule has 5 aromatic carbocycles. The second-order valence-electron chi connectivity index (χ2n) is 12.9. The minimum Gasteiger partial charge on any atom is -0.494 e. The number of ether oxygens (including phenoxy) is 6. The average Bonchev–Trinajstić information content (AvgIpc) is 3.24. The van der Waals surface area contributed by atoms with E-state index in [2.05, 4.69) is 67.2 Å². The van der Waals surface area contributed by atoms with Gasteiger partial charge in [0.25, 0.3) is 0 Å². The van der Waals surface area contributed by atoms with Crippen molar-refractivity contribution in [2.45, 2.75) is 39.2 Å². The Kier molecular flexibility index (Phi) is 16.3. The number of carbonyl (C=O) groups is 2. The van der Waals surface area contributed by atoms with Gasteiger partial charge in [-0.3, -0.25) is 0 Å². The van der Waals surface area contributed by atoms with Crippen LogP contribution in [-0.2, 0) is 25.7 Å². The van der Waals surface area contributed by atoms with E-state index >= 15 is 0 Å². The predicted octanol–water partition coefficient (Wildman–Crippen LogP) is 9.33. The van der Waals surface area contributed by atoms with Gasteiger partial charge in [0.2, 0.25) is 0 Å². The summed E-state index contributed by atoms with van der Waals surface area (Å²) in [5.74, 6) is 14.9. The van der Waals surface area contributed by atoms with E-state index in [1.165, 1.54) is 0 Å². The van der Waals surface area contributed by atoms with Crippen molar-refractivity contribution in [3.8, 4) is 46.7 Å². The highest BCUT2D eigenvalue weighted by Crippen LogP contribution is 2.25. The third-order valence-corrected chi connectivity index (χ3v) is 8.49. The number of carbonyl (C=O) groups excluding carboxylic acids is 2. The third-order valence-electron chi connectivity index (χ3n) is 8.49. The molecule has 0 aliphatic heterocycles. The van der Waals surface area contributed by atoms with Crippen LogP contribution < -0.4 is 18.9 Å². The molecule has 0 aliphatic carbocycles. The fourth-order valence-electron chi connectivity index (χ4n) is 5.42. The molecule has 0 saturated carbocycles. The fraction of sp³-hybridized carbons (Fsp3) is 0.224. The first kappa shape index (κ1) is 41.3. The summed E-state index contributed by atoms with van der Waals surface area (Å²) >= 11 is 0.